The molecule has 0 aliphatic heterocycles. The maximum atomic E-state index is 12.6. The van der Waals surface area contributed by atoms with Crippen LogP contribution in [0.2, 0.25) is 0 Å². The lowest BCUT2D eigenvalue weighted by Gasteiger charge is -2.14. The van der Waals surface area contributed by atoms with Crippen LogP contribution in [0.25, 0.3) is 11.3 Å². The number of methoxy groups -OCH3 is 1. The maximum Gasteiger partial charge on any atom is 0.261 e. The van der Waals surface area contributed by atoms with Crippen molar-refractivity contribution < 1.29 is 4.74 Å². The summed E-state index contributed by atoms with van der Waals surface area (Å²) in [4.78, 5) is 12.7. The molecular weight excluding hydrogens is 284 g/mol. The average molecular weight is 300 g/mol. The third-order valence-corrected chi connectivity index (χ3v) is 3.88. The third-order valence-electron chi connectivity index (χ3n) is 3.66. The van der Waals surface area contributed by atoms with Crippen LogP contribution >= 0.6 is 12.2 Å². The van der Waals surface area contributed by atoms with Crippen LogP contribution in [0.5, 0.6) is 5.75 Å². The van der Waals surface area contributed by atoms with Gasteiger partial charge >= 0.3 is 0 Å². The summed E-state index contributed by atoms with van der Waals surface area (Å²) in [5, 5.41) is 0. The molecule has 3 rings (SSSR count). The fourth-order valence-electron chi connectivity index (χ4n) is 2.45. The van der Waals surface area contributed by atoms with Gasteiger partial charge in [-0.2, -0.15) is 0 Å². The zero-order chi connectivity index (χ0) is 15.0. The summed E-state index contributed by atoms with van der Waals surface area (Å²) in [5.74, 6) is 0.765. The fourth-order valence-corrected chi connectivity index (χ4v) is 2.61. The Morgan fingerprint density at radius 3 is 2.71 bits per heavy atom. The Bertz CT molecular complexity index is 763. The Morgan fingerprint density at radius 2 is 2.10 bits per heavy atom. The number of rotatable bonds is 4. The molecule has 1 saturated carbocycles. The van der Waals surface area contributed by atoms with Gasteiger partial charge in [-0.3, -0.25) is 4.79 Å². The molecule has 4 nitrogen and oxygen atoms in total. The van der Waals surface area contributed by atoms with Crippen molar-refractivity contribution >= 4 is 17.2 Å². The first-order valence-electron chi connectivity index (χ1n) is 6.81. The van der Waals surface area contributed by atoms with E-state index in [0.29, 0.717) is 5.56 Å². The molecule has 0 radical (unpaired) electrons. The van der Waals surface area contributed by atoms with Crippen LogP contribution in [0.4, 0.5) is 0 Å². The highest BCUT2D eigenvalue weighted by molar-refractivity contribution is 7.80. The SMILES string of the molecule is COc1cccc(-c2ccc(C(N)=S)c(=O)n2C2CC2)c1. The Balaban J connectivity index is 2.20. The van der Waals surface area contributed by atoms with Gasteiger partial charge in [0, 0.05) is 11.6 Å². The van der Waals surface area contributed by atoms with Crippen LogP contribution in [-0.4, -0.2) is 16.7 Å². The Kier molecular flexibility index (Phi) is 3.51. The molecule has 1 aliphatic carbocycles. The van der Waals surface area contributed by atoms with Gasteiger partial charge in [-0.15, -0.1) is 0 Å². The molecule has 0 bridgehead atoms. The second-order valence-electron chi connectivity index (χ2n) is 5.13. The zero-order valence-corrected chi connectivity index (χ0v) is 12.5. The van der Waals surface area contributed by atoms with E-state index in [-0.39, 0.29) is 16.6 Å². The first kappa shape index (κ1) is 13.8. The number of benzene rings is 1. The quantitative estimate of drug-likeness (QED) is 0.881. The maximum absolute atomic E-state index is 12.6. The third kappa shape index (κ3) is 2.56. The number of nitrogens with zero attached hydrogens (tertiary/aromatic N) is 1. The Morgan fingerprint density at radius 1 is 1.33 bits per heavy atom. The molecule has 0 spiro atoms. The molecule has 1 heterocycles. The summed E-state index contributed by atoms with van der Waals surface area (Å²) < 4.78 is 7.07. The van der Waals surface area contributed by atoms with Crippen molar-refractivity contribution in [1.29, 1.82) is 0 Å². The minimum atomic E-state index is -0.106. The minimum Gasteiger partial charge on any atom is -0.497 e. The first-order valence-corrected chi connectivity index (χ1v) is 7.22. The van der Waals surface area contributed by atoms with Crippen molar-refractivity contribution in [2.24, 2.45) is 5.73 Å². The van der Waals surface area contributed by atoms with E-state index in [2.05, 4.69) is 0 Å². The molecule has 0 unspecified atom stereocenters. The molecule has 108 valence electrons. The van der Waals surface area contributed by atoms with Gasteiger partial charge in [0.15, 0.2) is 0 Å². The summed E-state index contributed by atoms with van der Waals surface area (Å²) >= 11 is 4.96. The van der Waals surface area contributed by atoms with Crippen molar-refractivity contribution in [3.8, 4) is 17.0 Å². The molecule has 5 heteroatoms. The standard InChI is InChI=1S/C16H16N2O2S/c1-20-12-4-2-3-10(9-12)14-8-7-13(15(17)21)16(19)18(14)11-5-6-11/h2-4,7-9,11H,5-6H2,1H3,(H2,17,21). The van der Waals surface area contributed by atoms with Crippen molar-refractivity contribution in [3.63, 3.8) is 0 Å². The lowest BCUT2D eigenvalue weighted by molar-refractivity contribution is 0.415. The van der Waals surface area contributed by atoms with E-state index in [1.54, 1.807) is 13.2 Å². The molecule has 1 aliphatic rings. The lowest BCUT2D eigenvalue weighted by atomic mass is 10.1. The predicted molar refractivity (Wildman–Crippen MR) is 86.8 cm³/mol. The van der Waals surface area contributed by atoms with Crippen molar-refractivity contribution in [2.45, 2.75) is 18.9 Å². The van der Waals surface area contributed by atoms with Gasteiger partial charge in [-0.25, -0.2) is 0 Å². The van der Waals surface area contributed by atoms with Crippen LogP contribution in [-0.2, 0) is 0 Å². The van der Waals surface area contributed by atoms with E-state index in [0.717, 1.165) is 29.8 Å². The van der Waals surface area contributed by atoms with E-state index in [4.69, 9.17) is 22.7 Å². The molecule has 1 aromatic heterocycles. The second kappa shape index (κ2) is 5.33. The number of pyridine rings is 1. The van der Waals surface area contributed by atoms with E-state index in [1.165, 1.54) is 0 Å². The van der Waals surface area contributed by atoms with Gasteiger partial charge in [-0.1, -0.05) is 24.4 Å². The Labute approximate surface area is 128 Å². The topological polar surface area (TPSA) is 57.2 Å². The van der Waals surface area contributed by atoms with E-state index < -0.39 is 0 Å². The predicted octanol–water partition coefficient (Wildman–Crippen LogP) is 2.49. The summed E-state index contributed by atoms with van der Waals surface area (Å²) in [6, 6.07) is 11.5. The molecule has 0 saturated heterocycles. The zero-order valence-electron chi connectivity index (χ0n) is 11.7. The highest BCUT2D eigenvalue weighted by Crippen LogP contribution is 2.37. The first-order chi connectivity index (χ1) is 10.1. The number of hydrogen-bond acceptors (Lipinski definition) is 3. The summed E-state index contributed by atoms with van der Waals surface area (Å²) in [7, 11) is 1.63. The summed E-state index contributed by atoms with van der Waals surface area (Å²) in [6.07, 6.45) is 2.02. The smallest absolute Gasteiger partial charge is 0.261 e. The molecule has 21 heavy (non-hydrogen) atoms. The monoisotopic (exact) mass is 300 g/mol. The van der Waals surface area contributed by atoms with Gasteiger partial charge in [-0.05, 0) is 37.1 Å². The molecular formula is C16H16N2O2S. The average Bonchev–Trinajstić information content (AvgIpc) is 3.31. The Hall–Kier alpha value is -2.14. The number of aromatic nitrogens is 1. The minimum absolute atomic E-state index is 0.106. The van der Waals surface area contributed by atoms with E-state index in [9.17, 15) is 4.79 Å². The summed E-state index contributed by atoms with van der Waals surface area (Å²) in [6.45, 7) is 0. The highest BCUT2D eigenvalue weighted by Gasteiger charge is 2.28. The number of ether oxygens (including phenoxy) is 1. The van der Waals surface area contributed by atoms with Gasteiger partial charge in [0.2, 0.25) is 0 Å². The van der Waals surface area contributed by atoms with Crippen LogP contribution in [0.3, 0.4) is 0 Å². The van der Waals surface area contributed by atoms with Crippen LogP contribution in [0.15, 0.2) is 41.2 Å². The highest BCUT2D eigenvalue weighted by atomic mass is 32.1. The molecule has 1 aromatic carbocycles. The van der Waals surface area contributed by atoms with Crippen molar-refractivity contribution in [2.75, 3.05) is 7.11 Å². The summed E-state index contributed by atoms with van der Waals surface area (Å²) in [5.41, 5.74) is 7.76. The molecule has 0 atom stereocenters. The number of hydrogen-bond donors (Lipinski definition) is 1. The molecule has 0 amide bonds. The van der Waals surface area contributed by atoms with Gasteiger partial charge in [0.25, 0.3) is 5.56 Å². The van der Waals surface area contributed by atoms with E-state index in [1.807, 2.05) is 34.9 Å². The molecule has 2 N–H and O–H groups in total. The molecule has 2 aromatic rings. The largest absolute Gasteiger partial charge is 0.497 e. The number of thiocarbonyl (C=S) groups is 1. The van der Waals surface area contributed by atoms with Crippen LogP contribution in [0, 0.1) is 0 Å². The normalized spacial score (nSPS) is 14.0. The molecule has 1 fully saturated rings. The van der Waals surface area contributed by atoms with Gasteiger partial charge in [0.1, 0.15) is 10.7 Å². The second-order valence-corrected chi connectivity index (χ2v) is 5.57. The van der Waals surface area contributed by atoms with Crippen LogP contribution in [0.1, 0.15) is 24.4 Å². The lowest BCUT2D eigenvalue weighted by Crippen LogP contribution is -2.29. The van der Waals surface area contributed by atoms with Crippen molar-refractivity contribution in [3.05, 3.63) is 52.3 Å². The van der Waals surface area contributed by atoms with Gasteiger partial charge in [0.05, 0.1) is 18.4 Å². The van der Waals surface area contributed by atoms with Gasteiger partial charge < -0.3 is 15.0 Å². The van der Waals surface area contributed by atoms with E-state index >= 15 is 0 Å². The number of nitrogens with two attached hydrogens (primary N) is 1. The fraction of sp³-hybridized carbons (Fsp3) is 0.250. The van der Waals surface area contributed by atoms with Crippen LogP contribution < -0.4 is 16.0 Å². The van der Waals surface area contributed by atoms with Crippen molar-refractivity contribution in [1.82, 2.24) is 4.57 Å².